The molecule has 0 aromatic carbocycles. The monoisotopic (exact) mass is 337 g/mol. The molecule has 0 saturated carbocycles. The maximum Gasteiger partial charge on any atom is 0.408 e. The lowest BCUT2D eigenvalue weighted by molar-refractivity contribution is -0.141. The maximum absolute atomic E-state index is 12.4. The number of methoxy groups -OCH3 is 1. The van der Waals surface area contributed by atoms with Crippen molar-refractivity contribution >= 4 is 32.8 Å². The highest BCUT2D eigenvalue weighted by Gasteiger charge is 2.30. The second kappa shape index (κ2) is 4.80. The molecule has 2 aromatic rings. The number of aromatic nitrogens is 3. The highest BCUT2D eigenvalue weighted by molar-refractivity contribution is 9.10. The number of hydrogen-bond donors (Lipinski definition) is 0. The molecular weight excluding hydrogens is 331 g/mol. The van der Waals surface area contributed by atoms with E-state index in [-0.39, 0.29) is 15.8 Å². The molecule has 5 nitrogen and oxygen atoms in total. The number of pyridine rings is 1. The number of fused-ring (bicyclic) bond motifs is 1. The summed E-state index contributed by atoms with van der Waals surface area (Å²) in [6.07, 6.45) is -3.14. The molecule has 2 rings (SSSR count). The molecule has 0 bridgehead atoms. The van der Waals surface area contributed by atoms with E-state index >= 15 is 0 Å². The summed E-state index contributed by atoms with van der Waals surface area (Å²) in [7, 11) is 1.16. The SMILES string of the molecule is COC(=O)c1cc2c(cn1)c(Br)nn2CC(F)(F)F. The van der Waals surface area contributed by atoms with E-state index in [1.807, 2.05) is 0 Å². The number of rotatable bonds is 2. The maximum atomic E-state index is 12.4. The molecule has 0 N–H and O–H groups in total. The van der Waals surface area contributed by atoms with Crippen LogP contribution in [-0.2, 0) is 11.3 Å². The summed E-state index contributed by atoms with van der Waals surface area (Å²) in [6.45, 7) is -1.25. The molecule has 0 aliphatic rings. The number of ether oxygens (including phenoxy) is 1. The third kappa shape index (κ3) is 2.86. The van der Waals surface area contributed by atoms with E-state index in [1.165, 1.54) is 12.3 Å². The quantitative estimate of drug-likeness (QED) is 0.790. The fourth-order valence-corrected chi connectivity index (χ4v) is 2.03. The number of nitrogens with zero attached hydrogens (tertiary/aromatic N) is 3. The standard InChI is InChI=1S/C10H7BrF3N3O2/c1-19-9(18)6-2-7-5(3-15-6)8(11)16-17(7)4-10(12,13)14/h2-3H,4H2,1H3. The largest absolute Gasteiger partial charge is 0.464 e. The van der Waals surface area contributed by atoms with E-state index in [9.17, 15) is 18.0 Å². The van der Waals surface area contributed by atoms with Crippen molar-refractivity contribution in [2.75, 3.05) is 7.11 Å². The number of halogens is 4. The van der Waals surface area contributed by atoms with E-state index in [1.54, 1.807) is 0 Å². The first-order valence-corrected chi connectivity index (χ1v) is 5.78. The second-order valence-electron chi connectivity index (χ2n) is 3.64. The van der Waals surface area contributed by atoms with E-state index in [0.717, 1.165) is 11.8 Å². The van der Waals surface area contributed by atoms with Gasteiger partial charge in [0.15, 0.2) is 5.69 Å². The van der Waals surface area contributed by atoms with Crippen LogP contribution in [0.5, 0.6) is 0 Å². The molecule has 0 amide bonds. The van der Waals surface area contributed by atoms with Crippen molar-refractivity contribution in [3.05, 3.63) is 22.6 Å². The van der Waals surface area contributed by atoms with Crippen LogP contribution in [0.1, 0.15) is 10.5 Å². The molecule has 0 saturated heterocycles. The van der Waals surface area contributed by atoms with Crippen LogP contribution in [0, 0.1) is 0 Å². The molecular formula is C10H7BrF3N3O2. The minimum absolute atomic E-state index is 0.0779. The van der Waals surface area contributed by atoms with E-state index in [2.05, 4.69) is 30.7 Å². The van der Waals surface area contributed by atoms with Gasteiger partial charge in [0.2, 0.25) is 0 Å². The van der Waals surface area contributed by atoms with E-state index in [4.69, 9.17) is 0 Å². The summed E-state index contributed by atoms with van der Waals surface area (Å²) in [4.78, 5) is 15.1. The van der Waals surface area contributed by atoms with Gasteiger partial charge < -0.3 is 4.74 Å². The average molecular weight is 338 g/mol. The number of hydrogen-bond acceptors (Lipinski definition) is 4. The van der Waals surface area contributed by atoms with Crippen molar-refractivity contribution in [1.29, 1.82) is 0 Å². The summed E-state index contributed by atoms with van der Waals surface area (Å²) in [6, 6.07) is 1.21. The minimum atomic E-state index is -4.41. The highest BCUT2D eigenvalue weighted by Crippen LogP contribution is 2.26. The first kappa shape index (κ1) is 13.8. The summed E-state index contributed by atoms with van der Waals surface area (Å²) in [5.41, 5.74) is 0.0745. The molecule has 9 heteroatoms. The van der Waals surface area contributed by atoms with Crippen LogP contribution in [0.25, 0.3) is 10.9 Å². The van der Waals surface area contributed by atoms with Crippen LogP contribution in [0.4, 0.5) is 13.2 Å². The average Bonchev–Trinajstić information content (AvgIpc) is 2.62. The van der Waals surface area contributed by atoms with Crippen molar-refractivity contribution in [2.24, 2.45) is 0 Å². The van der Waals surface area contributed by atoms with Gasteiger partial charge in [-0.2, -0.15) is 18.3 Å². The first-order valence-electron chi connectivity index (χ1n) is 4.99. The topological polar surface area (TPSA) is 57.0 Å². The lowest BCUT2D eigenvalue weighted by Gasteiger charge is -2.07. The molecule has 0 unspecified atom stereocenters. The summed E-state index contributed by atoms with van der Waals surface area (Å²) < 4.78 is 42.7. The smallest absolute Gasteiger partial charge is 0.408 e. The van der Waals surface area contributed by atoms with Gasteiger partial charge in [-0.15, -0.1) is 0 Å². The van der Waals surface area contributed by atoms with Gasteiger partial charge in [-0.1, -0.05) is 0 Å². The Balaban J connectivity index is 2.55. The minimum Gasteiger partial charge on any atom is -0.464 e. The van der Waals surface area contributed by atoms with Crippen LogP contribution in [-0.4, -0.2) is 34.0 Å². The molecule has 0 aliphatic carbocycles. The van der Waals surface area contributed by atoms with Crippen molar-refractivity contribution < 1.29 is 22.7 Å². The third-order valence-corrected chi connectivity index (χ3v) is 2.90. The summed E-state index contributed by atoms with van der Waals surface area (Å²) >= 11 is 3.05. The lowest BCUT2D eigenvalue weighted by Crippen LogP contribution is -2.18. The molecule has 2 heterocycles. The highest BCUT2D eigenvalue weighted by atomic mass is 79.9. The van der Waals surface area contributed by atoms with Gasteiger partial charge in [0.05, 0.1) is 18.0 Å². The molecule has 0 radical (unpaired) electrons. The summed E-state index contributed by atoms with van der Waals surface area (Å²) in [5.74, 6) is -0.724. The number of carbonyl (C=O) groups is 1. The molecule has 0 spiro atoms. The molecule has 102 valence electrons. The molecule has 0 fully saturated rings. The Kier molecular flexibility index (Phi) is 3.48. The molecule has 0 atom stereocenters. The van der Waals surface area contributed by atoms with Crippen molar-refractivity contribution in [2.45, 2.75) is 12.7 Å². The van der Waals surface area contributed by atoms with Gasteiger partial charge in [0.1, 0.15) is 11.1 Å². The normalized spacial score (nSPS) is 11.8. The van der Waals surface area contributed by atoms with Gasteiger partial charge in [-0.05, 0) is 22.0 Å². The van der Waals surface area contributed by atoms with Gasteiger partial charge in [-0.25, -0.2) is 9.78 Å². The Morgan fingerprint density at radius 1 is 1.53 bits per heavy atom. The van der Waals surface area contributed by atoms with Crippen LogP contribution in [0.2, 0.25) is 0 Å². The molecule has 0 aliphatic heterocycles. The molecule has 19 heavy (non-hydrogen) atoms. The fourth-order valence-electron chi connectivity index (χ4n) is 1.54. The van der Waals surface area contributed by atoms with Crippen LogP contribution in [0.3, 0.4) is 0 Å². The Morgan fingerprint density at radius 2 is 2.21 bits per heavy atom. The van der Waals surface area contributed by atoms with Gasteiger partial charge in [0.25, 0.3) is 0 Å². The predicted octanol–water partition coefficient (Wildman–Crippen LogP) is 2.54. The third-order valence-electron chi connectivity index (χ3n) is 2.31. The van der Waals surface area contributed by atoms with Crippen molar-refractivity contribution in [3.63, 3.8) is 0 Å². The zero-order valence-corrected chi connectivity index (χ0v) is 11.1. The Morgan fingerprint density at radius 3 is 2.79 bits per heavy atom. The predicted molar refractivity (Wildman–Crippen MR) is 62.6 cm³/mol. The Hall–Kier alpha value is -1.64. The van der Waals surface area contributed by atoms with Gasteiger partial charge in [-0.3, -0.25) is 4.68 Å². The van der Waals surface area contributed by atoms with Gasteiger partial charge >= 0.3 is 12.1 Å². The van der Waals surface area contributed by atoms with Gasteiger partial charge in [0, 0.05) is 6.20 Å². The second-order valence-corrected chi connectivity index (χ2v) is 4.39. The molecule has 2 aromatic heterocycles. The number of alkyl halides is 3. The number of carbonyl (C=O) groups excluding carboxylic acids is 1. The number of esters is 1. The van der Waals surface area contributed by atoms with Crippen LogP contribution >= 0.6 is 15.9 Å². The zero-order chi connectivity index (χ0) is 14.2. The summed E-state index contributed by atoms with van der Waals surface area (Å²) in [5, 5.41) is 4.11. The first-order chi connectivity index (χ1) is 8.81. The van der Waals surface area contributed by atoms with E-state index in [0.29, 0.717) is 5.39 Å². The lowest BCUT2D eigenvalue weighted by atomic mass is 10.3. The fraction of sp³-hybridized carbons (Fsp3) is 0.300. The van der Waals surface area contributed by atoms with E-state index < -0.39 is 18.7 Å². The Bertz CT molecular complexity index is 639. The zero-order valence-electron chi connectivity index (χ0n) is 9.53. The van der Waals surface area contributed by atoms with Crippen molar-refractivity contribution in [3.8, 4) is 0 Å². The Labute approximate surface area is 113 Å². The van der Waals surface area contributed by atoms with Crippen LogP contribution < -0.4 is 0 Å². The van der Waals surface area contributed by atoms with Crippen molar-refractivity contribution in [1.82, 2.24) is 14.8 Å². The van der Waals surface area contributed by atoms with Crippen LogP contribution in [0.15, 0.2) is 16.9 Å².